The fraction of sp³-hybridized carbons (Fsp3) is 0.273. The zero-order valence-electron chi connectivity index (χ0n) is 17.7. The highest BCUT2D eigenvalue weighted by Gasteiger charge is 2.16. The second kappa shape index (κ2) is 9.33. The summed E-state index contributed by atoms with van der Waals surface area (Å²) in [5.41, 5.74) is 4.17. The van der Waals surface area contributed by atoms with E-state index in [-0.39, 0.29) is 11.7 Å². The van der Waals surface area contributed by atoms with Crippen LogP contribution in [0, 0.1) is 6.92 Å². The normalized spacial score (nSPS) is 11.3. The van der Waals surface area contributed by atoms with Crippen molar-refractivity contribution in [3.05, 3.63) is 51.5 Å². The topological polar surface area (TPSA) is 72.7 Å². The predicted octanol–water partition coefficient (Wildman–Crippen LogP) is 5.83. The summed E-state index contributed by atoms with van der Waals surface area (Å²) in [7, 11) is 1.93. The number of thiophene rings is 1. The summed E-state index contributed by atoms with van der Waals surface area (Å²) < 4.78 is 1.93. The maximum atomic E-state index is 12.4. The number of hydrogen-bond donors (Lipinski definition) is 1. The molecular weight excluding hydrogens is 446 g/mol. The molecule has 0 fully saturated rings. The highest BCUT2D eigenvalue weighted by molar-refractivity contribution is 7.99. The summed E-state index contributed by atoms with van der Waals surface area (Å²) in [4.78, 5) is 18.3. The van der Waals surface area contributed by atoms with Crippen molar-refractivity contribution in [3.63, 3.8) is 0 Å². The number of amides is 1. The first-order valence-corrected chi connectivity index (χ1v) is 12.6. The SMILES string of the molecule is Cc1ccc(-c2csc(NC(=O)CSc3nnc(-c4csc(C(C)C)c4)n3C)n2)cc1. The Morgan fingerprint density at radius 3 is 2.61 bits per heavy atom. The van der Waals surface area contributed by atoms with Crippen LogP contribution in [0.5, 0.6) is 0 Å². The van der Waals surface area contributed by atoms with Gasteiger partial charge in [-0.1, -0.05) is 55.4 Å². The highest BCUT2D eigenvalue weighted by atomic mass is 32.2. The van der Waals surface area contributed by atoms with E-state index >= 15 is 0 Å². The van der Waals surface area contributed by atoms with Crippen LogP contribution < -0.4 is 5.32 Å². The van der Waals surface area contributed by atoms with Gasteiger partial charge in [-0.25, -0.2) is 4.98 Å². The first kappa shape index (κ1) is 21.7. The van der Waals surface area contributed by atoms with E-state index in [0.717, 1.165) is 22.6 Å². The van der Waals surface area contributed by atoms with E-state index in [1.807, 2.05) is 29.1 Å². The third kappa shape index (κ3) is 5.06. The molecule has 3 heterocycles. The second-order valence-corrected chi connectivity index (χ2v) is 10.2. The van der Waals surface area contributed by atoms with E-state index < -0.39 is 0 Å². The minimum Gasteiger partial charge on any atom is -0.305 e. The van der Waals surface area contributed by atoms with Crippen molar-refractivity contribution < 1.29 is 4.79 Å². The van der Waals surface area contributed by atoms with Crippen LogP contribution in [0.15, 0.2) is 46.2 Å². The van der Waals surface area contributed by atoms with Crippen LogP contribution in [0.3, 0.4) is 0 Å². The molecule has 0 aliphatic heterocycles. The Morgan fingerprint density at radius 2 is 1.90 bits per heavy atom. The second-order valence-electron chi connectivity index (χ2n) is 7.50. The maximum Gasteiger partial charge on any atom is 0.236 e. The van der Waals surface area contributed by atoms with Crippen LogP contribution >= 0.6 is 34.4 Å². The van der Waals surface area contributed by atoms with Crippen molar-refractivity contribution >= 4 is 45.5 Å². The van der Waals surface area contributed by atoms with Gasteiger partial charge < -0.3 is 9.88 Å². The molecule has 1 aromatic carbocycles. The van der Waals surface area contributed by atoms with E-state index in [0.29, 0.717) is 16.2 Å². The Balaban J connectivity index is 1.36. The molecule has 0 atom stereocenters. The number of thiazole rings is 1. The van der Waals surface area contributed by atoms with Gasteiger partial charge in [-0.3, -0.25) is 4.79 Å². The lowest BCUT2D eigenvalue weighted by Gasteiger charge is -2.03. The number of rotatable bonds is 7. The molecular formula is C22H23N5OS3. The Hall–Kier alpha value is -2.49. The predicted molar refractivity (Wildman–Crippen MR) is 130 cm³/mol. The van der Waals surface area contributed by atoms with Crippen molar-refractivity contribution in [3.8, 4) is 22.6 Å². The number of thioether (sulfide) groups is 1. The number of nitrogens with zero attached hydrogens (tertiary/aromatic N) is 4. The molecule has 3 aromatic heterocycles. The Labute approximate surface area is 193 Å². The van der Waals surface area contributed by atoms with Crippen LogP contribution in [0.25, 0.3) is 22.6 Å². The molecule has 160 valence electrons. The minimum absolute atomic E-state index is 0.114. The van der Waals surface area contributed by atoms with Crippen LogP contribution in [0.4, 0.5) is 5.13 Å². The van der Waals surface area contributed by atoms with E-state index in [2.05, 4.69) is 64.8 Å². The zero-order chi connectivity index (χ0) is 22.0. The molecule has 0 saturated heterocycles. The van der Waals surface area contributed by atoms with Gasteiger partial charge >= 0.3 is 0 Å². The molecule has 0 aliphatic rings. The van der Waals surface area contributed by atoms with Gasteiger partial charge in [-0.05, 0) is 18.9 Å². The van der Waals surface area contributed by atoms with E-state index in [1.165, 1.54) is 33.5 Å². The van der Waals surface area contributed by atoms with Crippen molar-refractivity contribution in [2.45, 2.75) is 31.8 Å². The Kier molecular flexibility index (Phi) is 6.54. The highest BCUT2D eigenvalue weighted by Crippen LogP contribution is 2.30. The largest absolute Gasteiger partial charge is 0.305 e. The van der Waals surface area contributed by atoms with Crippen LogP contribution in [0.1, 0.15) is 30.2 Å². The molecule has 0 unspecified atom stereocenters. The first-order valence-electron chi connectivity index (χ1n) is 9.84. The molecule has 0 aliphatic carbocycles. The molecule has 0 bridgehead atoms. The Morgan fingerprint density at radius 1 is 1.13 bits per heavy atom. The van der Waals surface area contributed by atoms with Gasteiger partial charge in [-0.2, -0.15) is 0 Å². The molecule has 4 rings (SSSR count). The fourth-order valence-corrected chi connectivity index (χ4v) is 5.29. The maximum absolute atomic E-state index is 12.4. The lowest BCUT2D eigenvalue weighted by molar-refractivity contribution is -0.113. The average Bonchev–Trinajstić information content (AvgIpc) is 3.47. The van der Waals surface area contributed by atoms with Crippen LogP contribution in [-0.4, -0.2) is 31.4 Å². The third-order valence-electron chi connectivity index (χ3n) is 4.71. The van der Waals surface area contributed by atoms with Gasteiger partial charge in [0.2, 0.25) is 5.91 Å². The van der Waals surface area contributed by atoms with E-state index in [1.54, 1.807) is 11.3 Å². The number of carbonyl (C=O) groups excluding carboxylic acids is 1. The van der Waals surface area contributed by atoms with Crippen LogP contribution in [-0.2, 0) is 11.8 Å². The van der Waals surface area contributed by atoms with Gasteiger partial charge in [0.25, 0.3) is 0 Å². The van der Waals surface area contributed by atoms with Gasteiger partial charge in [0.1, 0.15) is 0 Å². The number of aromatic nitrogens is 4. The summed E-state index contributed by atoms with van der Waals surface area (Å²) in [6.45, 7) is 6.41. The molecule has 4 aromatic rings. The lowest BCUT2D eigenvalue weighted by atomic mass is 10.1. The standard InChI is InChI=1S/C22H23N5OS3/c1-13(2)18-9-16(10-29-18)20-25-26-22(27(20)4)31-12-19(28)24-21-23-17(11-30-21)15-7-5-14(3)6-8-15/h5-11,13H,12H2,1-4H3,(H,23,24,28). The zero-order valence-corrected chi connectivity index (χ0v) is 20.2. The van der Waals surface area contributed by atoms with Gasteiger partial charge in [0.15, 0.2) is 16.1 Å². The molecule has 0 radical (unpaired) electrons. The quantitative estimate of drug-likeness (QED) is 0.345. The molecule has 31 heavy (non-hydrogen) atoms. The minimum atomic E-state index is -0.114. The van der Waals surface area contributed by atoms with E-state index in [9.17, 15) is 4.79 Å². The molecule has 6 nitrogen and oxygen atoms in total. The van der Waals surface area contributed by atoms with Crippen molar-refractivity contribution in [1.82, 2.24) is 19.7 Å². The molecule has 1 amide bonds. The van der Waals surface area contributed by atoms with Crippen LogP contribution in [0.2, 0.25) is 0 Å². The number of anilines is 1. The third-order valence-corrected chi connectivity index (χ3v) is 7.72. The Bertz CT molecular complexity index is 1190. The molecule has 1 N–H and O–H groups in total. The molecule has 9 heteroatoms. The fourth-order valence-electron chi connectivity index (χ4n) is 2.94. The number of nitrogens with one attached hydrogen (secondary N) is 1. The summed E-state index contributed by atoms with van der Waals surface area (Å²) >= 11 is 4.52. The van der Waals surface area contributed by atoms with Crippen molar-refractivity contribution in [2.24, 2.45) is 7.05 Å². The summed E-state index contributed by atoms with van der Waals surface area (Å²) in [5, 5.41) is 16.8. The summed E-state index contributed by atoms with van der Waals surface area (Å²) in [6.07, 6.45) is 0. The smallest absolute Gasteiger partial charge is 0.236 e. The van der Waals surface area contributed by atoms with Crippen molar-refractivity contribution in [2.75, 3.05) is 11.1 Å². The van der Waals surface area contributed by atoms with Gasteiger partial charge in [0, 0.05) is 33.8 Å². The number of benzene rings is 1. The lowest BCUT2D eigenvalue weighted by Crippen LogP contribution is -2.14. The summed E-state index contributed by atoms with van der Waals surface area (Å²) in [5.74, 6) is 1.43. The van der Waals surface area contributed by atoms with Gasteiger partial charge in [0.05, 0.1) is 11.4 Å². The monoisotopic (exact) mass is 469 g/mol. The number of hydrogen-bond acceptors (Lipinski definition) is 7. The van der Waals surface area contributed by atoms with Gasteiger partial charge in [-0.15, -0.1) is 32.9 Å². The number of carbonyl (C=O) groups is 1. The molecule has 0 spiro atoms. The first-order chi connectivity index (χ1) is 14.9. The molecule has 0 saturated carbocycles. The number of aryl methyl sites for hydroxylation is 1. The average molecular weight is 470 g/mol. The van der Waals surface area contributed by atoms with E-state index in [4.69, 9.17) is 0 Å². The van der Waals surface area contributed by atoms with Crippen molar-refractivity contribution in [1.29, 1.82) is 0 Å². The summed E-state index contributed by atoms with van der Waals surface area (Å²) in [6, 6.07) is 10.3.